The Labute approximate surface area is 107 Å². The normalized spacial score (nSPS) is 17.8. The number of ether oxygens (including phenoxy) is 1. The summed E-state index contributed by atoms with van der Waals surface area (Å²) in [4.78, 5) is 25.4. The highest BCUT2D eigenvalue weighted by molar-refractivity contribution is 5.90. The number of hydrogen-bond acceptors (Lipinski definition) is 4. The molecule has 1 fully saturated rings. The van der Waals surface area contributed by atoms with E-state index in [1.165, 1.54) is 13.8 Å². The number of carbonyl (C=O) groups excluding carboxylic acids is 2. The molecule has 0 aromatic carbocycles. The average molecular weight is 253 g/mol. The van der Waals surface area contributed by atoms with Crippen molar-refractivity contribution >= 4 is 11.8 Å². The minimum atomic E-state index is -1.13. The first-order chi connectivity index (χ1) is 8.38. The van der Waals surface area contributed by atoms with Crippen LogP contribution in [-0.4, -0.2) is 49.1 Å². The number of nitriles is 1. The quantitative estimate of drug-likeness (QED) is 0.761. The van der Waals surface area contributed by atoms with Gasteiger partial charge in [-0.2, -0.15) is 5.26 Å². The number of rotatable bonds is 3. The fraction of sp³-hybridized carbons (Fsp3) is 0.750. The minimum absolute atomic E-state index is 0.139. The van der Waals surface area contributed by atoms with Crippen LogP contribution < -0.4 is 5.32 Å². The molecule has 1 atom stereocenters. The van der Waals surface area contributed by atoms with E-state index in [1.54, 1.807) is 11.8 Å². The Balaban J connectivity index is 2.55. The number of nitrogens with one attached hydrogen (secondary N) is 1. The largest absolute Gasteiger partial charge is 0.378 e. The average Bonchev–Trinajstić information content (AvgIpc) is 2.38. The summed E-state index contributed by atoms with van der Waals surface area (Å²) >= 11 is 0. The highest BCUT2D eigenvalue weighted by Gasteiger charge is 2.31. The highest BCUT2D eigenvalue weighted by Crippen LogP contribution is 2.13. The zero-order chi connectivity index (χ0) is 13.8. The van der Waals surface area contributed by atoms with Gasteiger partial charge in [0.15, 0.2) is 0 Å². The number of hydrogen-bond donors (Lipinski definition) is 1. The van der Waals surface area contributed by atoms with Gasteiger partial charge in [0, 0.05) is 13.1 Å². The molecule has 1 aliphatic heterocycles. The van der Waals surface area contributed by atoms with Gasteiger partial charge in [0.2, 0.25) is 11.8 Å². The summed E-state index contributed by atoms with van der Waals surface area (Å²) in [5.74, 6) is -0.570. The van der Waals surface area contributed by atoms with E-state index < -0.39 is 17.4 Å². The molecule has 1 N–H and O–H groups in total. The van der Waals surface area contributed by atoms with Gasteiger partial charge in [-0.25, -0.2) is 0 Å². The van der Waals surface area contributed by atoms with Crippen molar-refractivity contribution in [2.45, 2.75) is 26.8 Å². The minimum Gasteiger partial charge on any atom is -0.378 e. The smallest absolute Gasteiger partial charge is 0.245 e. The number of amides is 2. The molecule has 1 aliphatic rings. The molecular weight excluding hydrogens is 234 g/mol. The summed E-state index contributed by atoms with van der Waals surface area (Å²) in [7, 11) is 0. The Kier molecular flexibility index (Phi) is 4.68. The lowest BCUT2D eigenvalue weighted by molar-refractivity contribution is -0.140. The van der Waals surface area contributed by atoms with Crippen LogP contribution in [0.3, 0.4) is 0 Å². The van der Waals surface area contributed by atoms with Crippen molar-refractivity contribution < 1.29 is 14.3 Å². The van der Waals surface area contributed by atoms with E-state index in [4.69, 9.17) is 10.00 Å². The highest BCUT2D eigenvalue weighted by atomic mass is 16.5. The van der Waals surface area contributed by atoms with Crippen LogP contribution in [0.25, 0.3) is 0 Å². The third-order valence-corrected chi connectivity index (χ3v) is 2.89. The monoisotopic (exact) mass is 253 g/mol. The van der Waals surface area contributed by atoms with Crippen molar-refractivity contribution in [3.63, 3.8) is 0 Å². The van der Waals surface area contributed by atoms with Crippen LogP contribution in [0.1, 0.15) is 20.8 Å². The lowest BCUT2D eigenvalue weighted by Crippen LogP contribution is -2.52. The van der Waals surface area contributed by atoms with E-state index >= 15 is 0 Å². The molecule has 0 bridgehead atoms. The van der Waals surface area contributed by atoms with E-state index in [-0.39, 0.29) is 5.91 Å². The number of nitrogens with zero attached hydrogens (tertiary/aromatic N) is 2. The first-order valence-electron chi connectivity index (χ1n) is 5.97. The second-order valence-corrected chi connectivity index (χ2v) is 4.87. The van der Waals surface area contributed by atoms with Crippen molar-refractivity contribution in [1.82, 2.24) is 10.2 Å². The molecule has 0 aromatic rings. The van der Waals surface area contributed by atoms with Crippen molar-refractivity contribution in [2.24, 2.45) is 5.41 Å². The predicted octanol–water partition coefficient (Wildman–Crippen LogP) is -0.100. The van der Waals surface area contributed by atoms with Crippen LogP contribution in [0.15, 0.2) is 0 Å². The molecule has 2 amide bonds. The van der Waals surface area contributed by atoms with Crippen molar-refractivity contribution in [3.05, 3.63) is 0 Å². The van der Waals surface area contributed by atoms with E-state index in [2.05, 4.69) is 5.32 Å². The summed E-state index contributed by atoms with van der Waals surface area (Å²) in [6, 6.07) is 1.29. The molecular formula is C12H19N3O3. The van der Waals surface area contributed by atoms with E-state index in [9.17, 15) is 9.59 Å². The molecule has 6 heteroatoms. The summed E-state index contributed by atoms with van der Waals surface area (Å²) in [6.45, 7) is 6.80. The second kappa shape index (κ2) is 5.83. The topological polar surface area (TPSA) is 82.4 Å². The molecule has 0 aromatic heterocycles. The van der Waals surface area contributed by atoms with Gasteiger partial charge in [-0.15, -0.1) is 0 Å². The second-order valence-electron chi connectivity index (χ2n) is 4.87. The van der Waals surface area contributed by atoms with Gasteiger partial charge in [-0.05, 0) is 20.8 Å². The molecule has 1 unspecified atom stereocenters. The molecule has 6 nitrogen and oxygen atoms in total. The third kappa shape index (κ3) is 3.44. The predicted molar refractivity (Wildman–Crippen MR) is 64.4 cm³/mol. The molecule has 100 valence electrons. The SMILES string of the molecule is CC(NC(=O)C(C)(C)C#N)C(=O)N1CCOCC1. The molecule has 0 aliphatic carbocycles. The Hall–Kier alpha value is -1.61. The summed E-state index contributed by atoms with van der Waals surface area (Å²) < 4.78 is 5.16. The Morgan fingerprint density at radius 2 is 1.94 bits per heavy atom. The fourth-order valence-electron chi connectivity index (χ4n) is 1.55. The van der Waals surface area contributed by atoms with Crippen molar-refractivity contribution in [3.8, 4) is 6.07 Å². The molecule has 0 saturated carbocycles. The standard InChI is InChI=1S/C12H19N3O3/c1-9(14-11(17)12(2,3)8-13)10(16)15-4-6-18-7-5-15/h9H,4-7H2,1-3H3,(H,14,17). The fourth-order valence-corrected chi connectivity index (χ4v) is 1.55. The zero-order valence-electron chi connectivity index (χ0n) is 11.0. The first-order valence-corrected chi connectivity index (χ1v) is 5.97. The molecule has 0 spiro atoms. The molecule has 1 saturated heterocycles. The van der Waals surface area contributed by atoms with Gasteiger partial charge in [0.05, 0.1) is 19.3 Å². The lowest BCUT2D eigenvalue weighted by atomic mass is 9.94. The van der Waals surface area contributed by atoms with Crippen LogP contribution in [0.2, 0.25) is 0 Å². The zero-order valence-corrected chi connectivity index (χ0v) is 11.0. The van der Waals surface area contributed by atoms with Gasteiger partial charge in [0.25, 0.3) is 0 Å². The van der Waals surface area contributed by atoms with Crippen LogP contribution in [0, 0.1) is 16.7 Å². The van der Waals surface area contributed by atoms with Crippen LogP contribution in [0.5, 0.6) is 0 Å². The molecule has 0 radical (unpaired) electrons. The number of morpholine rings is 1. The molecule has 1 rings (SSSR count). The van der Waals surface area contributed by atoms with Gasteiger partial charge in [-0.1, -0.05) is 0 Å². The van der Waals surface area contributed by atoms with Crippen LogP contribution in [-0.2, 0) is 14.3 Å². The molecule has 18 heavy (non-hydrogen) atoms. The Bertz CT molecular complexity index is 367. The van der Waals surface area contributed by atoms with Gasteiger partial charge in [0.1, 0.15) is 11.5 Å². The summed E-state index contributed by atoms with van der Waals surface area (Å²) in [6.07, 6.45) is 0. The Morgan fingerprint density at radius 3 is 2.44 bits per heavy atom. The maximum absolute atomic E-state index is 12.0. The third-order valence-electron chi connectivity index (χ3n) is 2.89. The van der Waals surface area contributed by atoms with Crippen LogP contribution >= 0.6 is 0 Å². The maximum Gasteiger partial charge on any atom is 0.245 e. The summed E-state index contributed by atoms with van der Waals surface area (Å²) in [5.41, 5.74) is -1.13. The van der Waals surface area contributed by atoms with Gasteiger partial charge in [-0.3, -0.25) is 9.59 Å². The van der Waals surface area contributed by atoms with Crippen molar-refractivity contribution in [1.29, 1.82) is 5.26 Å². The van der Waals surface area contributed by atoms with E-state index in [1.807, 2.05) is 6.07 Å². The van der Waals surface area contributed by atoms with Crippen molar-refractivity contribution in [2.75, 3.05) is 26.3 Å². The molecule has 1 heterocycles. The maximum atomic E-state index is 12.0. The first kappa shape index (κ1) is 14.5. The summed E-state index contributed by atoms with van der Waals surface area (Å²) in [5, 5.41) is 11.4. The Morgan fingerprint density at radius 1 is 1.39 bits per heavy atom. The van der Waals surface area contributed by atoms with Gasteiger partial charge >= 0.3 is 0 Å². The van der Waals surface area contributed by atoms with Crippen LogP contribution in [0.4, 0.5) is 0 Å². The number of carbonyl (C=O) groups is 2. The van der Waals surface area contributed by atoms with Gasteiger partial charge < -0.3 is 15.0 Å². The lowest BCUT2D eigenvalue weighted by Gasteiger charge is -2.30. The van der Waals surface area contributed by atoms with E-state index in [0.29, 0.717) is 26.3 Å². The van der Waals surface area contributed by atoms with E-state index in [0.717, 1.165) is 0 Å².